The van der Waals surface area contributed by atoms with Gasteiger partial charge in [0.1, 0.15) is 0 Å². The summed E-state index contributed by atoms with van der Waals surface area (Å²) in [5.74, 6) is -0.0246. The van der Waals surface area contributed by atoms with Crippen molar-refractivity contribution in [1.29, 1.82) is 0 Å². The quantitative estimate of drug-likeness (QED) is 0.651. The maximum Gasteiger partial charge on any atom is 0.291 e. The molecule has 7 nitrogen and oxygen atoms in total. The predicted molar refractivity (Wildman–Crippen MR) is 104 cm³/mol. The number of hydrogen-bond acceptors (Lipinski definition) is 5. The Balaban J connectivity index is 1.50. The van der Waals surface area contributed by atoms with Crippen molar-refractivity contribution in [1.82, 2.24) is 15.1 Å². The van der Waals surface area contributed by atoms with Crippen molar-refractivity contribution in [2.75, 3.05) is 11.9 Å². The number of nitrogens with one attached hydrogen (secondary N) is 2. The van der Waals surface area contributed by atoms with Gasteiger partial charge in [0.25, 0.3) is 11.8 Å². The predicted octanol–water partition coefficient (Wildman–Crippen LogP) is 3.47. The van der Waals surface area contributed by atoms with Gasteiger partial charge in [-0.3, -0.25) is 14.3 Å². The lowest BCUT2D eigenvalue weighted by atomic mass is 10.2. The van der Waals surface area contributed by atoms with Gasteiger partial charge >= 0.3 is 0 Å². The van der Waals surface area contributed by atoms with E-state index >= 15 is 0 Å². The Labute approximate surface area is 161 Å². The minimum absolute atomic E-state index is 0.154. The summed E-state index contributed by atoms with van der Waals surface area (Å²) in [5, 5.41) is 10.7. The zero-order chi connectivity index (χ0) is 19.4. The van der Waals surface area contributed by atoms with Gasteiger partial charge in [0.2, 0.25) is 0 Å². The lowest BCUT2D eigenvalue weighted by Gasteiger charge is -2.13. The van der Waals surface area contributed by atoms with Crippen LogP contribution in [0.5, 0.6) is 0 Å². The molecule has 0 bridgehead atoms. The van der Waals surface area contributed by atoms with E-state index in [-0.39, 0.29) is 23.5 Å². The van der Waals surface area contributed by atoms with E-state index in [4.69, 9.17) is 4.42 Å². The highest BCUT2D eigenvalue weighted by Crippen LogP contribution is 2.22. The molecule has 0 aliphatic heterocycles. The Bertz CT molecular complexity index is 927. The average molecular weight is 386 g/mol. The summed E-state index contributed by atoms with van der Waals surface area (Å²) in [5.41, 5.74) is 2.10. The molecule has 0 aliphatic rings. The smallest absolute Gasteiger partial charge is 0.291 e. The van der Waals surface area contributed by atoms with Crippen LogP contribution in [0.3, 0.4) is 0 Å². The second-order valence-electron chi connectivity index (χ2n) is 6.52. The lowest BCUT2D eigenvalue weighted by molar-refractivity contribution is 0.0949. The Kier molecular flexibility index (Phi) is 5.75. The van der Waals surface area contributed by atoms with Crippen LogP contribution in [0.15, 0.2) is 41.0 Å². The van der Waals surface area contributed by atoms with E-state index in [2.05, 4.69) is 22.7 Å². The van der Waals surface area contributed by atoms with Crippen LogP contribution in [-0.2, 0) is 6.54 Å². The number of nitrogens with zero attached hydrogens (tertiary/aromatic N) is 2. The fourth-order valence-electron chi connectivity index (χ4n) is 2.68. The largest absolute Gasteiger partial charge is 0.459 e. The summed E-state index contributed by atoms with van der Waals surface area (Å²) in [6.45, 7) is 7.35. The van der Waals surface area contributed by atoms with E-state index in [0.29, 0.717) is 16.4 Å². The van der Waals surface area contributed by atoms with Crippen LogP contribution in [-0.4, -0.2) is 28.1 Å². The van der Waals surface area contributed by atoms with Gasteiger partial charge in [0.05, 0.1) is 21.8 Å². The molecule has 3 heterocycles. The molecule has 142 valence electrons. The van der Waals surface area contributed by atoms with Crippen LogP contribution in [0.4, 0.5) is 5.00 Å². The van der Waals surface area contributed by atoms with Gasteiger partial charge in [-0.05, 0) is 50.1 Å². The van der Waals surface area contributed by atoms with Crippen LogP contribution >= 0.6 is 11.3 Å². The first-order valence-corrected chi connectivity index (χ1v) is 9.48. The molecule has 2 N–H and O–H groups in total. The molecular formula is C19H22N4O3S. The third-order valence-electron chi connectivity index (χ3n) is 4.01. The van der Waals surface area contributed by atoms with Crippen LogP contribution < -0.4 is 10.6 Å². The fourth-order valence-corrected chi connectivity index (χ4v) is 3.50. The molecular weight excluding hydrogens is 364 g/mol. The zero-order valence-corrected chi connectivity index (χ0v) is 16.3. The number of aryl methyl sites for hydroxylation is 2. The number of carbonyl (C=O) groups excluding carboxylic acids is 2. The molecule has 0 radical (unpaired) electrons. The van der Waals surface area contributed by atoms with Crippen molar-refractivity contribution in [2.24, 2.45) is 5.92 Å². The summed E-state index contributed by atoms with van der Waals surface area (Å²) < 4.78 is 7.01. The van der Waals surface area contributed by atoms with Gasteiger partial charge in [-0.25, -0.2) is 0 Å². The van der Waals surface area contributed by atoms with Crippen LogP contribution in [0, 0.1) is 19.8 Å². The first-order valence-electron chi connectivity index (χ1n) is 8.66. The van der Waals surface area contributed by atoms with Crippen molar-refractivity contribution in [2.45, 2.75) is 27.3 Å². The number of thiophene rings is 1. The van der Waals surface area contributed by atoms with Crippen molar-refractivity contribution in [3.63, 3.8) is 0 Å². The molecule has 1 atom stereocenters. The Morgan fingerprint density at radius 2 is 2.07 bits per heavy atom. The first-order chi connectivity index (χ1) is 12.9. The summed E-state index contributed by atoms with van der Waals surface area (Å²) >= 11 is 1.22. The highest BCUT2D eigenvalue weighted by molar-refractivity contribution is 7.18. The number of amides is 2. The van der Waals surface area contributed by atoms with E-state index in [9.17, 15) is 9.59 Å². The van der Waals surface area contributed by atoms with Gasteiger partial charge in [0, 0.05) is 18.8 Å². The van der Waals surface area contributed by atoms with Gasteiger partial charge in [-0.2, -0.15) is 5.10 Å². The van der Waals surface area contributed by atoms with Crippen molar-refractivity contribution in [3.05, 3.63) is 58.6 Å². The van der Waals surface area contributed by atoms with Crippen LogP contribution in [0.2, 0.25) is 0 Å². The number of anilines is 1. The molecule has 0 aromatic carbocycles. The van der Waals surface area contributed by atoms with E-state index in [1.807, 2.05) is 24.6 Å². The maximum absolute atomic E-state index is 12.3. The van der Waals surface area contributed by atoms with Crippen molar-refractivity contribution >= 4 is 28.2 Å². The van der Waals surface area contributed by atoms with Gasteiger partial charge < -0.3 is 15.1 Å². The second kappa shape index (κ2) is 8.22. The second-order valence-corrected chi connectivity index (χ2v) is 7.60. The molecule has 2 amide bonds. The summed E-state index contributed by atoms with van der Waals surface area (Å²) in [6.07, 6.45) is 1.44. The number of furan rings is 1. The van der Waals surface area contributed by atoms with E-state index in [1.165, 1.54) is 17.6 Å². The normalized spacial score (nSPS) is 12.0. The van der Waals surface area contributed by atoms with Crippen molar-refractivity contribution < 1.29 is 14.0 Å². The molecule has 3 aromatic rings. The minimum atomic E-state index is -0.340. The number of aromatic nitrogens is 2. The lowest BCUT2D eigenvalue weighted by Crippen LogP contribution is -2.29. The molecule has 3 rings (SSSR count). The van der Waals surface area contributed by atoms with E-state index in [0.717, 1.165) is 17.9 Å². The molecule has 0 spiro atoms. The third kappa shape index (κ3) is 4.85. The average Bonchev–Trinajstić information content (AvgIpc) is 3.35. The number of hydrogen-bond donors (Lipinski definition) is 2. The molecule has 3 aromatic heterocycles. The summed E-state index contributed by atoms with van der Waals surface area (Å²) in [7, 11) is 0. The van der Waals surface area contributed by atoms with Crippen LogP contribution in [0.25, 0.3) is 0 Å². The van der Waals surface area contributed by atoms with Gasteiger partial charge in [-0.1, -0.05) is 6.92 Å². The highest BCUT2D eigenvalue weighted by Gasteiger charge is 2.14. The minimum Gasteiger partial charge on any atom is -0.459 e. The van der Waals surface area contributed by atoms with Gasteiger partial charge in [0.15, 0.2) is 5.76 Å². The number of carbonyl (C=O) groups is 2. The molecule has 0 saturated carbocycles. The molecule has 8 heteroatoms. The Hall–Kier alpha value is -2.87. The molecule has 1 unspecified atom stereocenters. The molecule has 0 saturated heterocycles. The van der Waals surface area contributed by atoms with Crippen molar-refractivity contribution in [3.8, 4) is 0 Å². The standard InChI is InChI=1S/C19H22N4O3S/c1-12(11-23-14(3)9-13(2)22-23)10-20-19(25)16-6-7-17(27-16)21-18(24)15-5-4-8-26-15/h4-9,12H,10-11H2,1-3H3,(H,20,25)(H,21,24). The topological polar surface area (TPSA) is 89.2 Å². The van der Waals surface area contributed by atoms with E-state index in [1.54, 1.807) is 24.3 Å². The maximum atomic E-state index is 12.3. The Morgan fingerprint density at radius 1 is 1.26 bits per heavy atom. The molecule has 27 heavy (non-hydrogen) atoms. The van der Waals surface area contributed by atoms with Crippen LogP contribution in [0.1, 0.15) is 38.5 Å². The SMILES string of the molecule is Cc1cc(C)n(CC(C)CNC(=O)c2ccc(NC(=O)c3ccco3)s2)n1. The number of rotatable bonds is 7. The zero-order valence-electron chi connectivity index (χ0n) is 15.5. The summed E-state index contributed by atoms with van der Waals surface area (Å²) in [4.78, 5) is 24.9. The highest BCUT2D eigenvalue weighted by atomic mass is 32.1. The fraction of sp³-hybridized carbons (Fsp3) is 0.316. The third-order valence-corrected chi connectivity index (χ3v) is 5.01. The monoisotopic (exact) mass is 386 g/mol. The molecule has 0 fully saturated rings. The Morgan fingerprint density at radius 3 is 2.74 bits per heavy atom. The van der Waals surface area contributed by atoms with E-state index < -0.39 is 0 Å². The first kappa shape index (κ1) is 18.9. The molecule has 0 aliphatic carbocycles. The van der Waals surface area contributed by atoms with Gasteiger partial charge in [-0.15, -0.1) is 11.3 Å². The summed E-state index contributed by atoms with van der Waals surface area (Å²) in [6, 6.07) is 8.68.